The summed E-state index contributed by atoms with van der Waals surface area (Å²) in [6.45, 7) is 4.38. The average Bonchev–Trinajstić information content (AvgIpc) is 3.02. The van der Waals surface area contributed by atoms with Gasteiger partial charge in [0.2, 0.25) is 0 Å². The Hall–Kier alpha value is -2.01. The Morgan fingerprint density at radius 2 is 2.18 bits per heavy atom. The second kappa shape index (κ2) is 8.44. The van der Waals surface area contributed by atoms with E-state index in [0.29, 0.717) is 6.54 Å². The SMILES string of the molecule is CCNC(=NCc1cccc(O)c1)N(C)CCc1cccs1. The monoisotopic (exact) mass is 317 g/mol. The Labute approximate surface area is 136 Å². The van der Waals surface area contributed by atoms with Crippen molar-refractivity contribution in [2.24, 2.45) is 4.99 Å². The van der Waals surface area contributed by atoms with E-state index >= 15 is 0 Å². The fourth-order valence-electron chi connectivity index (χ4n) is 2.13. The number of phenolic OH excluding ortho intramolecular Hbond substituents is 1. The molecular weight excluding hydrogens is 294 g/mol. The van der Waals surface area contributed by atoms with Crippen LogP contribution in [0.15, 0.2) is 46.8 Å². The summed E-state index contributed by atoms with van der Waals surface area (Å²) in [6.07, 6.45) is 1.02. The van der Waals surface area contributed by atoms with Gasteiger partial charge in [0.15, 0.2) is 5.96 Å². The van der Waals surface area contributed by atoms with Crippen LogP contribution in [0.1, 0.15) is 17.4 Å². The molecule has 22 heavy (non-hydrogen) atoms. The number of thiophene rings is 1. The first-order chi connectivity index (χ1) is 10.7. The summed E-state index contributed by atoms with van der Waals surface area (Å²) in [6, 6.07) is 11.5. The number of nitrogens with zero attached hydrogens (tertiary/aromatic N) is 2. The molecule has 0 saturated heterocycles. The predicted octanol–water partition coefficient (Wildman–Crippen LogP) is 3.09. The van der Waals surface area contributed by atoms with Gasteiger partial charge in [-0.25, -0.2) is 4.99 Å². The van der Waals surface area contributed by atoms with Crippen LogP contribution in [0.25, 0.3) is 0 Å². The van der Waals surface area contributed by atoms with E-state index in [1.807, 2.05) is 12.1 Å². The lowest BCUT2D eigenvalue weighted by Crippen LogP contribution is -2.39. The van der Waals surface area contributed by atoms with Crippen molar-refractivity contribution in [1.82, 2.24) is 10.2 Å². The minimum atomic E-state index is 0.281. The van der Waals surface area contributed by atoms with Crippen LogP contribution in [0.5, 0.6) is 5.75 Å². The number of rotatable bonds is 6. The molecule has 0 spiro atoms. The van der Waals surface area contributed by atoms with Gasteiger partial charge in [0.25, 0.3) is 0 Å². The lowest BCUT2D eigenvalue weighted by molar-refractivity contribution is 0.474. The van der Waals surface area contributed by atoms with Crippen molar-refractivity contribution in [3.05, 3.63) is 52.2 Å². The molecule has 2 aromatic rings. The van der Waals surface area contributed by atoms with E-state index in [2.05, 4.69) is 46.7 Å². The van der Waals surface area contributed by atoms with E-state index in [1.165, 1.54) is 4.88 Å². The first kappa shape index (κ1) is 16.4. The number of likely N-dealkylation sites (N-methyl/N-ethyl adjacent to an activating group) is 1. The van der Waals surface area contributed by atoms with Crippen molar-refractivity contribution in [2.75, 3.05) is 20.1 Å². The summed E-state index contributed by atoms with van der Waals surface area (Å²) < 4.78 is 0. The van der Waals surface area contributed by atoms with Crippen molar-refractivity contribution >= 4 is 17.3 Å². The number of guanidine groups is 1. The molecule has 5 heteroatoms. The standard InChI is InChI=1S/C17H23N3OS/c1-3-18-17(19-13-14-6-4-7-15(21)12-14)20(2)10-9-16-8-5-11-22-16/h4-8,11-12,21H,3,9-10,13H2,1-2H3,(H,18,19). The van der Waals surface area contributed by atoms with E-state index in [9.17, 15) is 5.11 Å². The highest BCUT2D eigenvalue weighted by Crippen LogP contribution is 2.12. The van der Waals surface area contributed by atoms with Crippen molar-refractivity contribution in [2.45, 2.75) is 19.9 Å². The van der Waals surface area contributed by atoms with Gasteiger partial charge in [-0.3, -0.25) is 0 Å². The molecule has 1 heterocycles. The van der Waals surface area contributed by atoms with Crippen LogP contribution in [-0.2, 0) is 13.0 Å². The molecule has 1 aromatic carbocycles. The summed E-state index contributed by atoms with van der Waals surface area (Å²) in [4.78, 5) is 8.18. The molecule has 0 unspecified atom stereocenters. The van der Waals surface area contributed by atoms with Crippen molar-refractivity contribution in [3.63, 3.8) is 0 Å². The van der Waals surface area contributed by atoms with Gasteiger partial charge in [0.05, 0.1) is 6.54 Å². The van der Waals surface area contributed by atoms with Crippen molar-refractivity contribution in [1.29, 1.82) is 0 Å². The number of hydrogen-bond donors (Lipinski definition) is 2. The summed E-state index contributed by atoms with van der Waals surface area (Å²) in [5, 5.41) is 14.9. The van der Waals surface area contributed by atoms with Gasteiger partial charge < -0.3 is 15.3 Å². The first-order valence-corrected chi connectivity index (χ1v) is 8.36. The molecule has 0 atom stereocenters. The number of nitrogens with one attached hydrogen (secondary N) is 1. The predicted molar refractivity (Wildman–Crippen MR) is 93.6 cm³/mol. The molecule has 0 saturated carbocycles. The lowest BCUT2D eigenvalue weighted by Gasteiger charge is -2.21. The Morgan fingerprint density at radius 3 is 2.86 bits per heavy atom. The molecule has 1 aromatic heterocycles. The second-order valence-corrected chi connectivity index (χ2v) is 6.12. The molecule has 0 amide bonds. The third kappa shape index (κ3) is 5.07. The largest absolute Gasteiger partial charge is 0.508 e. The smallest absolute Gasteiger partial charge is 0.193 e. The number of aromatic hydroxyl groups is 1. The molecule has 0 aliphatic rings. The molecule has 2 N–H and O–H groups in total. The fraction of sp³-hybridized carbons (Fsp3) is 0.353. The highest BCUT2D eigenvalue weighted by molar-refractivity contribution is 7.09. The normalized spacial score (nSPS) is 11.5. The third-order valence-corrected chi connectivity index (χ3v) is 4.23. The van der Waals surface area contributed by atoms with E-state index in [1.54, 1.807) is 23.5 Å². The van der Waals surface area contributed by atoms with Gasteiger partial charge in [0.1, 0.15) is 5.75 Å². The zero-order valence-corrected chi connectivity index (χ0v) is 13.9. The fourth-order valence-corrected chi connectivity index (χ4v) is 2.83. The van der Waals surface area contributed by atoms with Gasteiger partial charge in [-0.05, 0) is 42.5 Å². The van der Waals surface area contributed by atoms with Crippen LogP contribution in [-0.4, -0.2) is 36.1 Å². The number of phenols is 1. The molecule has 2 rings (SSSR count). The van der Waals surface area contributed by atoms with Gasteiger partial charge in [-0.15, -0.1) is 11.3 Å². The van der Waals surface area contributed by atoms with Gasteiger partial charge in [0, 0.05) is 25.0 Å². The van der Waals surface area contributed by atoms with Crippen LogP contribution >= 0.6 is 11.3 Å². The average molecular weight is 317 g/mol. The van der Waals surface area contributed by atoms with E-state index in [-0.39, 0.29) is 5.75 Å². The third-order valence-electron chi connectivity index (χ3n) is 3.29. The van der Waals surface area contributed by atoms with Gasteiger partial charge in [-0.2, -0.15) is 0 Å². The minimum absolute atomic E-state index is 0.281. The van der Waals surface area contributed by atoms with Crippen LogP contribution < -0.4 is 5.32 Å². The maximum absolute atomic E-state index is 9.51. The first-order valence-electron chi connectivity index (χ1n) is 7.48. The van der Waals surface area contributed by atoms with E-state index in [4.69, 9.17) is 0 Å². The van der Waals surface area contributed by atoms with Gasteiger partial charge >= 0.3 is 0 Å². The molecule has 0 radical (unpaired) electrons. The molecule has 0 aliphatic carbocycles. The Balaban J connectivity index is 1.96. The Bertz CT molecular complexity index is 596. The zero-order valence-electron chi connectivity index (χ0n) is 13.1. The van der Waals surface area contributed by atoms with Crippen LogP contribution in [0.2, 0.25) is 0 Å². The molecule has 4 nitrogen and oxygen atoms in total. The Morgan fingerprint density at radius 1 is 1.32 bits per heavy atom. The van der Waals surface area contributed by atoms with Crippen LogP contribution in [0, 0.1) is 0 Å². The molecule has 0 bridgehead atoms. The lowest BCUT2D eigenvalue weighted by atomic mass is 10.2. The number of hydrogen-bond acceptors (Lipinski definition) is 3. The van der Waals surface area contributed by atoms with Crippen molar-refractivity contribution < 1.29 is 5.11 Å². The quantitative estimate of drug-likeness (QED) is 0.636. The molecule has 0 fully saturated rings. The number of aliphatic imine (C=N–C) groups is 1. The van der Waals surface area contributed by atoms with E-state index < -0.39 is 0 Å². The summed E-state index contributed by atoms with van der Waals surface area (Å²) >= 11 is 1.79. The van der Waals surface area contributed by atoms with Crippen LogP contribution in [0.3, 0.4) is 0 Å². The summed E-state index contributed by atoms with van der Waals surface area (Å²) in [5.41, 5.74) is 1.00. The molecule has 118 valence electrons. The minimum Gasteiger partial charge on any atom is -0.508 e. The maximum atomic E-state index is 9.51. The topological polar surface area (TPSA) is 47.9 Å². The van der Waals surface area contributed by atoms with Gasteiger partial charge in [-0.1, -0.05) is 18.2 Å². The second-order valence-electron chi connectivity index (χ2n) is 5.09. The van der Waals surface area contributed by atoms with Crippen molar-refractivity contribution in [3.8, 4) is 5.75 Å². The van der Waals surface area contributed by atoms with Crippen LogP contribution in [0.4, 0.5) is 0 Å². The highest BCUT2D eigenvalue weighted by atomic mass is 32.1. The van der Waals surface area contributed by atoms with E-state index in [0.717, 1.165) is 31.0 Å². The molecular formula is C17H23N3OS. The highest BCUT2D eigenvalue weighted by Gasteiger charge is 2.06. The summed E-state index contributed by atoms with van der Waals surface area (Å²) in [7, 11) is 2.05. The zero-order chi connectivity index (χ0) is 15.8. The maximum Gasteiger partial charge on any atom is 0.193 e. The number of benzene rings is 1. The molecule has 0 aliphatic heterocycles. The Kier molecular flexibility index (Phi) is 6.27. The summed E-state index contributed by atoms with van der Waals surface area (Å²) in [5.74, 6) is 1.17.